The van der Waals surface area contributed by atoms with Crippen LogP contribution in [-0.2, 0) is 0 Å². The van der Waals surface area contributed by atoms with Gasteiger partial charge in [0.1, 0.15) is 5.75 Å². The van der Waals surface area contributed by atoms with Crippen molar-refractivity contribution in [1.82, 2.24) is 0 Å². The number of aromatic hydroxyl groups is 1. The van der Waals surface area contributed by atoms with Gasteiger partial charge in [0.15, 0.2) is 0 Å². The maximum absolute atomic E-state index is 12.1. The van der Waals surface area contributed by atoms with Gasteiger partial charge in [-0.2, -0.15) is 0 Å². The highest BCUT2D eigenvalue weighted by atomic mass is 79.9. The molecule has 1 amide bonds. The van der Waals surface area contributed by atoms with E-state index < -0.39 is 0 Å². The van der Waals surface area contributed by atoms with E-state index in [1.807, 2.05) is 0 Å². The van der Waals surface area contributed by atoms with Crippen LogP contribution in [0.5, 0.6) is 5.75 Å². The highest BCUT2D eigenvalue weighted by Crippen LogP contribution is 2.28. The van der Waals surface area contributed by atoms with E-state index in [-0.39, 0.29) is 16.7 Å². The van der Waals surface area contributed by atoms with Gasteiger partial charge in [-0.25, -0.2) is 0 Å². The number of halogens is 3. The van der Waals surface area contributed by atoms with Gasteiger partial charge in [0, 0.05) is 10.2 Å². The number of amides is 1. The lowest BCUT2D eigenvalue weighted by atomic mass is 10.2. The lowest BCUT2D eigenvalue weighted by Gasteiger charge is -2.08. The van der Waals surface area contributed by atoms with Crippen molar-refractivity contribution < 1.29 is 9.90 Å². The molecular weight excluding hydrogens is 353 g/mol. The number of hydrogen-bond donors (Lipinski definition) is 2. The zero-order chi connectivity index (χ0) is 14.0. The summed E-state index contributed by atoms with van der Waals surface area (Å²) >= 11 is 15.1. The number of benzene rings is 2. The Balaban J connectivity index is 2.26. The number of phenolic OH excluding ortho intramolecular Hbond substituents is 1. The van der Waals surface area contributed by atoms with Gasteiger partial charge in [0.05, 0.1) is 15.6 Å². The summed E-state index contributed by atoms with van der Waals surface area (Å²) in [6, 6.07) is 9.49. The molecule has 98 valence electrons. The first-order chi connectivity index (χ1) is 8.99. The molecular formula is C13H8BrCl2NO2. The van der Waals surface area contributed by atoms with E-state index in [9.17, 15) is 9.90 Å². The second-order valence-corrected chi connectivity index (χ2v) is 5.36. The predicted molar refractivity (Wildman–Crippen MR) is 80.2 cm³/mol. The highest BCUT2D eigenvalue weighted by molar-refractivity contribution is 9.10. The van der Waals surface area contributed by atoms with Crippen LogP contribution in [0.4, 0.5) is 5.69 Å². The van der Waals surface area contributed by atoms with Gasteiger partial charge in [-0.3, -0.25) is 4.79 Å². The van der Waals surface area contributed by atoms with E-state index in [0.717, 1.165) is 0 Å². The molecule has 2 rings (SSSR count). The summed E-state index contributed by atoms with van der Waals surface area (Å²) in [5, 5.41) is 12.5. The van der Waals surface area contributed by atoms with Gasteiger partial charge >= 0.3 is 0 Å². The van der Waals surface area contributed by atoms with Gasteiger partial charge < -0.3 is 10.4 Å². The Morgan fingerprint density at radius 2 is 1.95 bits per heavy atom. The number of phenols is 1. The molecule has 0 aromatic heterocycles. The van der Waals surface area contributed by atoms with Crippen molar-refractivity contribution in [3.05, 3.63) is 56.5 Å². The molecule has 0 aliphatic heterocycles. The van der Waals surface area contributed by atoms with Crippen LogP contribution in [0.3, 0.4) is 0 Å². The molecule has 0 saturated carbocycles. The molecule has 0 heterocycles. The lowest BCUT2D eigenvalue weighted by Crippen LogP contribution is -2.12. The van der Waals surface area contributed by atoms with Crippen molar-refractivity contribution in [2.45, 2.75) is 0 Å². The van der Waals surface area contributed by atoms with Gasteiger partial charge in [-0.05, 0) is 46.3 Å². The zero-order valence-corrected chi connectivity index (χ0v) is 12.6. The fourth-order valence-corrected chi connectivity index (χ4v) is 2.22. The average molecular weight is 361 g/mol. The second-order valence-electron chi connectivity index (χ2n) is 3.72. The number of carbonyl (C=O) groups excluding carboxylic acids is 1. The lowest BCUT2D eigenvalue weighted by molar-refractivity contribution is 0.102. The molecule has 2 N–H and O–H groups in total. The highest BCUT2D eigenvalue weighted by Gasteiger charge is 2.13. The number of nitrogens with one attached hydrogen (secondary N) is 1. The summed E-state index contributed by atoms with van der Waals surface area (Å²) in [6.07, 6.45) is 0. The van der Waals surface area contributed by atoms with Crippen molar-refractivity contribution in [1.29, 1.82) is 0 Å². The SMILES string of the molecule is O=C(Nc1ccc(O)c(Cl)c1)c1cccc(Br)c1Cl. The third-order valence-electron chi connectivity index (χ3n) is 2.40. The maximum atomic E-state index is 12.1. The predicted octanol–water partition coefficient (Wildman–Crippen LogP) is 4.71. The minimum Gasteiger partial charge on any atom is -0.506 e. The van der Waals surface area contributed by atoms with Crippen LogP contribution in [0.25, 0.3) is 0 Å². The first kappa shape index (κ1) is 14.2. The molecule has 0 fully saturated rings. The Morgan fingerprint density at radius 1 is 1.21 bits per heavy atom. The summed E-state index contributed by atoms with van der Waals surface area (Å²) < 4.78 is 0.644. The Bertz CT molecular complexity index is 647. The van der Waals surface area contributed by atoms with Crippen LogP contribution < -0.4 is 5.32 Å². The molecule has 0 radical (unpaired) electrons. The van der Waals surface area contributed by atoms with Crippen LogP contribution in [0.1, 0.15) is 10.4 Å². The van der Waals surface area contributed by atoms with E-state index in [1.54, 1.807) is 24.3 Å². The molecule has 0 saturated heterocycles. The summed E-state index contributed by atoms with van der Waals surface area (Å²) in [6.45, 7) is 0. The summed E-state index contributed by atoms with van der Waals surface area (Å²) in [5.41, 5.74) is 0.823. The van der Waals surface area contributed by atoms with Gasteiger partial charge in [0.2, 0.25) is 0 Å². The molecule has 0 aliphatic carbocycles. The Morgan fingerprint density at radius 3 is 2.63 bits per heavy atom. The van der Waals surface area contributed by atoms with Crippen molar-refractivity contribution in [3.63, 3.8) is 0 Å². The van der Waals surface area contributed by atoms with Crippen molar-refractivity contribution in [3.8, 4) is 5.75 Å². The molecule has 6 heteroatoms. The standard InChI is InChI=1S/C13H8BrCl2NO2/c14-9-3-1-2-8(12(9)16)13(19)17-7-4-5-11(18)10(15)6-7/h1-6,18H,(H,17,19). The van der Waals surface area contributed by atoms with Crippen molar-refractivity contribution >= 4 is 50.7 Å². The van der Waals surface area contributed by atoms with Crippen LogP contribution in [0, 0.1) is 0 Å². The number of rotatable bonds is 2. The summed E-state index contributed by atoms with van der Waals surface area (Å²) in [4.78, 5) is 12.1. The van der Waals surface area contributed by atoms with E-state index in [1.165, 1.54) is 12.1 Å². The van der Waals surface area contributed by atoms with Crippen LogP contribution >= 0.6 is 39.1 Å². The van der Waals surface area contributed by atoms with Gasteiger partial charge in [-0.15, -0.1) is 0 Å². The fraction of sp³-hybridized carbons (Fsp3) is 0. The Labute approximate surface area is 128 Å². The second kappa shape index (κ2) is 5.82. The van der Waals surface area contributed by atoms with Gasteiger partial charge in [-0.1, -0.05) is 29.3 Å². The Kier molecular flexibility index (Phi) is 4.34. The molecule has 0 aliphatic rings. The van der Waals surface area contributed by atoms with E-state index in [2.05, 4.69) is 21.2 Å². The van der Waals surface area contributed by atoms with E-state index in [4.69, 9.17) is 23.2 Å². The largest absolute Gasteiger partial charge is 0.506 e. The Hall–Kier alpha value is -1.23. The smallest absolute Gasteiger partial charge is 0.257 e. The maximum Gasteiger partial charge on any atom is 0.257 e. The minimum atomic E-state index is -0.354. The zero-order valence-electron chi connectivity index (χ0n) is 9.45. The molecule has 2 aromatic carbocycles. The van der Waals surface area contributed by atoms with E-state index in [0.29, 0.717) is 20.7 Å². The molecule has 3 nitrogen and oxygen atoms in total. The van der Waals surface area contributed by atoms with E-state index >= 15 is 0 Å². The number of anilines is 1. The minimum absolute atomic E-state index is 0.0415. The quantitative estimate of drug-likeness (QED) is 0.761. The molecule has 0 spiro atoms. The third kappa shape index (κ3) is 3.21. The summed E-state index contributed by atoms with van der Waals surface area (Å²) in [7, 11) is 0. The van der Waals surface area contributed by atoms with Crippen molar-refractivity contribution in [2.75, 3.05) is 5.32 Å². The van der Waals surface area contributed by atoms with Crippen LogP contribution in [-0.4, -0.2) is 11.0 Å². The van der Waals surface area contributed by atoms with Crippen LogP contribution in [0.15, 0.2) is 40.9 Å². The average Bonchev–Trinajstić information content (AvgIpc) is 2.37. The number of carbonyl (C=O) groups is 1. The third-order valence-corrected chi connectivity index (χ3v) is 4.00. The fourth-order valence-electron chi connectivity index (χ4n) is 1.46. The molecule has 19 heavy (non-hydrogen) atoms. The molecule has 0 unspecified atom stereocenters. The van der Waals surface area contributed by atoms with Crippen molar-refractivity contribution in [2.24, 2.45) is 0 Å². The summed E-state index contributed by atoms with van der Waals surface area (Å²) in [5.74, 6) is -0.395. The first-order valence-electron chi connectivity index (χ1n) is 5.23. The van der Waals surface area contributed by atoms with Crippen LogP contribution in [0.2, 0.25) is 10.0 Å². The first-order valence-corrected chi connectivity index (χ1v) is 6.78. The monoisotopic (exact) mass is 359 g/mol. The molecule has 0 bridgehead atoms. The molecule has 2 aromatic rings. The number of hydrogen-bond acceptors (Lipinski definition) is 2. The molecule has 0 atom stereocenters. The van der Waals surface area contributed by atoms with Gasteiger partial charge in [0.25, 0.3) is 5.91 Å². The normalized spacial score (nSPS) is 10.3. The topological polar surface area (TPSA) is 49.3 Å².